The molecule has 0 amide bonds. The lowest BCUT2D eigenvalue weighted by atomic mass is 10.1. The number of aromatic nitrogens is 3. The zero-order valence-electron chi connectivity index (χ0n) is 13.8. The van der Waals surface area contributed by atoms with Crippen molar-refractivity contribution >= 4 is 16.7 Å². The average molecular weight is 406 g/mol. The van der Waals surface area contributed by atoms with Gasteiger partial charge in [0.1, 0.15) is 11.6 Å². The Morgan fingerprint density at radius 2 is 1.75 bits per heavy atom. The van der Waals surface area contributed by atoms with E-state index in [2.05, 4.69) is 15.3 Å². The number of benzene rings is 1. The summed E-state index contributed by atoms with van der Waals surface area (Å²) in [5.74, 6) is -1.83. The molecular formula is C16H9F7N4O. The normalized spacial score (nSPS) is 12.4. The fourth-order valence-corrected chi connectivity index (χ4v) is 2.68. The van der Waals surface area contributed by atoms with Gasteiger partial charge in [0.25, 0.3) is 0 Å². The number of hydrogen-bond acceptors (Lipinski definition) is 4. The Kier molecular flexibility index (Phi) is 4.52. The van der Waals surface area contributed by atoms with Gasteiger partial charge in [-0.2, -0.15) is 31.3 Å². The largest absolute Gasteiger partial charge is 0.435 e. The second kappa shape index (κ2) is 6.46. The van der Waals surface area contributed by atoms with E-state index in [1.54, 1.807) is 0 Å². The minimum atomic E-state index is -5.02. The van der Waals surface area contributed by atoms with Crippen LogP contribution in [0.2, 0.25) is 0 Å². The summed E-state index contributed by atoms with van der Waals surface area (Å²) in [7, 11) is 1.23. The summed E-state index contributed by atoms with van der Waals surface area (Å²) in [6, 6.07) is 2.44. The highest BCUT2D eigenvalue weighted by molar-refractivity contribution is 5.91. The van der Waals surface area contributed by atoms with Gasteiger partial charge in [-0.05, 0) is 24.3 Å². The molecule has 0 aliphatic carbocycles. The number of halogens is 7. The predicted molar refractivity (Wildman–Crippen MR) is 84.6 cm³/mol. The highest BCUT2D eigenvalue weighted by Crippen LogP contribution is 2.36. The van der Waals surface area contributed by atoms with E-state index in [0.717, 1.165) is 18.3 Å². The molecule has 2 heterocycles. The zero-order chi connectivity index (χ0) is 20.9. The van der Waals surface area contributed by atoms with Crippen molar-refractivity contribution in [1.29, 1.82) is 0 Å². The smallest absolute Gasteiger partial charge is 0.372 e. The lowest BCUT2D eigenvalue weighted by molar-refractivity contribution is -0.141. The third-order valence-corrected chi connectivity index (χ3v) is 3.81. The Hall–Kier alpha value is -3.18. The van der Waals surface area contributed by atoms with Crippen LogP contribution in [0.25, 0.3) is 16.6 Å². The van der Waals surface area contributed by atoms with E-state index in [0.29, 0.717) is 6.07 Å². The van der Waals surface area contributed by atoms with Crippen molar-refractivity contribution in [1.82, 2.24) is 14.5 Å². The summed E-state index contributed by atoms with van der Waals surface area (Å²) in [4.78, 5) is 19.0. The minimum Gasteiger partial charge on any atom is -0.372 e. The van der Waals surface area contributed by atoms with Gasteiger partial charge >= 0.3 is 18.0 Å². The first kappa shape index (κ1) is 19.6. The van der Waals surface area contributed by atoms with Gasteiger partial charge in [0, 0.05) is 13.2 Å². The van der Waals surface area contributed by atoms with E-state index in [9.17, 15) is 35.5 Å². The molecule has 5 nitrogen and oxygen atoms in total. The lowest BCUT2D eigenvalue weighted by Crippen LogP contribution is -2.26. The number of fused-ring (bicyclic) bond motifs is 1. The molecule has 0 saturated heterocycles. The van der Waals surface area contributed by atoms with Gasteiger partial charge in [-0.25, -0.2) is 14.2 Å². The number of pyridine rings is 1. The first-order valence-electron chi connectivity index (χ1n) is 7.49. The Morgan fingerprint density at radius 3 is 2.32 bits per heavy atom. The van der Waals surface area contributed by atoms with Gasteiger partial charge in [-0.15, -0.1) is 0 Å². The maximum Gasteiger partial charge on any atom is 0.435 e. The van der Waals surface area contributed by atoms with Gasteiger partial charge < -0.3 is 5.32 Å². The Labute approximate surface area is 151 Å². The highest BCUT2D eigenvalue weighted by atomic mass is 19.4. The molecule has 0 bridgehead atoms. The van der Waals surface area contributed by atoms with Crippen molar-refractivity contribution in [3.8, 4) is 5.69 Å². The molecule has 0 aliphatic rings. The van der Waals surface area contributed by atoms with E-state index < -0.39 is 57.5 Å². The van der Waals surface area contributed by atoms with E-state index in [1.165, 1.54) is 7.05 Å². The van der Waals surface area contributed by atoms with Crippen molar-refractivity contribution in [3.05, 3.63) is 58.0 Å². The first-order valence-corrected chi connectivity index (χ1v) is 7.49. The molecule has 0 unspecified atom stereocenters. The molecule has 0 atom stereocenters. The molecule has 0 fully saturated rings. The minimum absolute atomic E-state index is 0.174. The van der Waals surface area contributed by atoms with Crippen LogP contribution >= 0.6 is 0 Å². The molecule has 2 aromatic heterocycles. The average Bonchev–Trinajstić information content (AvgIpc) is 2.59. The Balaban J connectivity index is 2.54. The predicted octanol–water partition coefficient (Wildman–Crippen LogP) is 4.00. The van der Waals surface area contributed by atoms with Crippen molar-refractivity contribution in [2.45, 2.75) is 12.4 Å². The SMILES string of the molecule is CNc1nc(=O)n(-c2cccnc2C(F)(F)F)c2cc(C(F)(F)F)cc(F)c12. The van der Waals surface area contributed by atoms with Crippen molar-refractivity contribution in [2.24, 2.45) is 0 Å². The number of hydrogen-bond donors (Lipinski definition) is 1. The number of rotatable bonds is 2. The Bertz CT molecular complexity index is 1120. The number of nitrogens with zero attached hydrogens (tertiary/aromatic N) is 3. The summed E-state index contributed by atoms with van der Waals surface area (Å²) >= 11 is 0. The summed E-state index contributed by atoms with van der Waals surface area (Å²) in [6.45, 7) is 0. The third kappa shape index (κ3) is 3.25. The fraction of sp³-hybridized carbons (Fsp3) is 0.188. The number of alkyl halides is 6. The topological polar surface area (TPSA) is 59.8 Å². The number of anilines is 1. The van der Waals surface area contributed by atoms with Crippen LogP contribution in [0.15, 0.2) is 35.3 Å². The molecule has 148 valence electrons. The van der Waals surface area contributed by atoms with Crippen LogP contribution in [-0.4, -0.2) is 21.6 Å². The molecule has 0 aliphatic heterocycles. The Morgan fingerprint density at radius 1 is 1.07 bits per heavy atom. The van der Waals surface area contributed by atoms with Crippen LogP contribution in [-0.2, 0) is 12.4 Å². The third-order valence-electron chi connectivity index (χ3n) is 3.81. The van der Waals surface area contributed by atoms with Gasteiger partial charge in [0.05, 0.1) is 22.2 Å². The van der Waals surface area contributed by atoms with Crippen LogP contribution in [0.5, 0.6) is 0 Å². The van der Waals surface area contributed by atoms with Crippen molar-refractivity contribution in [3.63, 3.8) is 0 Å². The number of nitrogens with one attached hydrogen (secondary N) is 1. The van der Waals surface area contributed by atoms with Crippen LogP contribution < -0.4 is 11.0 Å². The molecule has 1 N–H and O–H groups in total. The fourth-order valence-electron chi connectivity index (χ4n) is 2.68. The quantitative estimate of drug-likeness (QED) is 0.654. The first-order chi connectivity index (χ1) is 12.9. The van der Waals surface area contributed by atoms with Gasteiger partial charge in [-0.1, -0.05) is 0 Å². The molecule has 1 aromatic carbocycles. The summed E-state index contributed by atoms with van der Waals surface area (Å²) in [6.07, 6.45) is -9.22. The monoisotopic (exact) mass is 406 g/mol. The highest BCUT2D eigenvalue weighted by Gasteiger charge is 2.37. The van der Waals surface area contributed by atoms with E-state index in [4.69, 9.17) is 0 Å². The summed E-state index contributed by atoms with van der Waals surface area (Å²) in [5, 5.41) is 1.77. The summed E-state index contributed by atoms with van der Waals surface area (Å²) in [5.41, 5.74) is -5.96. The van der Waals surface area contributed by atoms with Crippen molar-refractivity contribution in [2.75, 3.05) is 12.4 Å². The van der Waals surface area contributed by atoms with Gasteiger partial charge in [0.2, 0.25) is 0 Å². The molecule has 0 spiro atoms. The standard InChI is InChI=1S/C16H9F7N4O/c1-24-13-11-8(17)5-7(15(18,19)20)6-10(11)27(14(28)26-13)9-3-2-4-25-12(9)16(21,22)23/h2-6H,1H3,(H,24,26,28). The van der Waals surface area contributed by atoms with Crippen LogP contribution in [0, 0.1) is 5.82 Å². The lowest BCUT2D eigenvalue weighted by Gasteiger charge is -2.18. The van der Waals surface area contributed by atoms with Gasteiger partial charge in [-0.3, -0.25) is 4.57 Å². The second-order valence-electron chi connectivity index (χ2n) is 5.55. The maximum absolute atomic E-state index is 14.5. The molecule has 3 aromatic rings. The second-order valence-corrected chi connectivity index (χ2v) is 5.55. The molecule has 28 heavy (non-hydrogen) atoms. The van der Waals surface area contributed by atoms with E-state index >= 15 is 0 Å². The molecular weight excluding hydrogens is 397 g/mol. The summed E-state index contributed by atoms with van der Waals surface area (Å²) < 4.78 is 93.9. The molecule has 0 saturated carbocycles. The van der Waals surface area contributed by atoms with Crippen LogP contribution in [0.1, 0.15) is 11.3 Å². The maximum atomic E-state index is 14.5. The van der Waals surface area contributed by atoms with E-state index in [-0.39, 0.29) is 10.6 Å². The molecule has 12 heteroatoms. The van der Waals surface area contributed by atoms with E-state index in [1.807, 2.05) is 0 Å². The van der Waals surface area contributed by atoms with Crippen LogP contribution in [0.4, 0.5) is 36.6 Å². The zero-order valence-corrected chi connectivity index (χ0v) is 13.8. The van der Waals surface area contributed by atoms with Gasteiger partial charge in [0.15, 0.2) is 5.69 Å². The van der Waals surface area contributed by atoms with Crippen molar-refractivity contribution < 1.29 is 30.7 Å². The van der Waals surface area contributed by atoms with Crippen LogP contribution in [0.3, 0.4) is 0 Å². The molecule has 3 rings (SSSR count). The molecule has 0 radical (unpaired) electrons.